The van der Waals surface area contributed by atoms with Crippen LogP contribution in [-0.2, 0) is 22.4 Å². The number of amides is 2. The Bertz CT molecular complexity index is 795. The molecule has 0 aliphatic carbocycles. The lowest BCUT2D eigenvalue weighted by Crippen LogP contribution is -2.48. The number of hydrogen-bond acceptors (Lipinski definition) is 2. The van der Waals surface area contributed by atoms with Crippen LogP contribution in [0, 0.1) is 5.92 Å². The second kappa shape index (κ2) is 7.32. The maximum absolute atomic E-state index is 12.7. The summed E-state index contributed by atoms with van der Waals surface area (Å²) in [6.45, 7) is 1.96. The van der Waals surface area contributed by atoms with E-state index in [9.17, 15) is 9.59 Å². The number of anilines is 1. The summed E-state index contributed by atoms with van der Waals surface area (Å²) in [7, 11) is 0. The van der Waals surface area contributed by atoms with E-state index in [1.807, 2.05) is 30.3 Å². The van der Waals surface area contributed by atoms with E-state index >= 15 is 0 Å². The Labute approximate surface area is 154 Å². The van der Waals surface area contributed by atoms with E-state index in [4.69, 9.17) is 0 Å². The monoisotopic (exact) mass is 348 g/mol. The first-order valence-corrected chi connectivity index (χ1v) is 9.45. The number of rotatable bonds is 2. The second-order valence-electron chi connectivity index (χ2n) is 7.26. The van der Waals surface area contributed by atoms with E-state index in [-0.39, 0.29) is 11.8 Å². The van der Waals surface area contributed by atoms with Crippen molar-refractivity contribution in [2.45, 2.75) is 25.7 Å². The number of nitrogens with zero attached hydrogens (tertiary/aromatic N) is 2. The minimum Gasteiger partial charge on any atom is -0.334 e. The van der Waals surface area contributed by atoms with Crippen molar-refractivity contribution in [3.8, 4) is 0 Å². The van der Waals surface area contributed by atoms with Gasteiger partial charge in [-0.15, -0.1) is 0 Å². The van der Waals surface area contributed by atoms with Gasteiger partial charge in [-0.05, 0) is 48.8 Å². The lowest BCUT2D eigenvalue weighted by Gasteiger charge is -2.32. The third-order valence-corrected chi connectivity index (χ3v) is 5.58. The normalized spacial score (nSPS) is 17.2. The molecule has 134 valence electrons. The van der Waals surface area contributed by atoms with Gasteiger partial charge in [-0.3, -0.25) is 9.59 Å². The molecule has 0 saturated carbocycles. The SMILES string of the molecule is O=C(C(=O)N1CCc2ccccc21)N1CCC(Cc2ccccc2)CC1. The predicted molar refractivity (Wildman–Crippen MR) is 102 cm³/mol. The minimum atomic E-state index is -0.378. The van der Waals surface area contributed by atoms with Crippen LogP contribution in [0.2, 0.25) is 0 Å². The van der Waals surface area contributed by atoms with Crippen molar-refractivity contribution in [3.05, 3.63) is 65.7 Å². The molecule has 4 heteroatoms. The quantitative estimate of drug-likeness (QED) is 0.783. The molecule has 0 atom stereocenters. The van der Waals surface area contributed by atoms with E-state index in [1.165, 1.54) is 5.56 Å². The number of para-hydroxylation sites is 1. The average molecular weight is 348 g/mol. The number of piperidine rings is 1. The molecule has 1 saturated heterocycles. The highest BCUT2D eigenvalue weighted by molar-refractivity contribution is 6.40. The second-order valence-corrected chi connectivity index (χ2v) is 7.26. The van der Waals surface area contributed by atoms with Crippen LogP contribution in [-0.4, -0.2) is 36.3 Å². The Morgan fingerprint density at radius 1 is 0.846 bits per heavy atom. The summed E-state index contributed by atoms with van der Waals surface area (Å²) in [4.78, 5) is 28.8. The van der Waals surface area contributed by atoms with E-state index < -0.39 is 0 Å². The van der Waals surface area contributed by atoms with Crippen LogP contribution in [0.15, 0.2) is 54.6 Å². The molecule has 0 bridgehead atoms. The zero-order valence-electron chi connectivity index (χ0n) is 14.9. The fraction of sp³-hybridized carbons (Fsp3) is 0.364. The van der Waals surface area contributed by atoms with Crippen molar-refractivity contribution < 1.29 is 9.59 Å². The van der Waals surface area contributed by atoms with Gasteiger partial charge < -0.3 is 9.80 Å². The summed E-state index contributed by atoms with van der Waals surface area (Å²) >= 11 is 0. The summed E-state index contributed by atoms with van der Waals surface area (Å²) < 4.78 is 0. The third kappa shape index (κ3) is 3.36. The third-order valence-electron chi connectivity index (χ3n) is 5.58. The molecule has 0 aromatic heterocycles. The van der Waals surface area contributed by atoms with Gasteiger partial charge >= 0.3 is 11.8 Å². The standard InChI is InChI=1S/C22H24N2O2/c25-21(22(26)24-15-12-19-8-4-5-9-20(19)24)23-13-10-18(11-14-23)16-17-6-2-1-3-7-17/h1-9,18H,10-16H2. The Balaban J connectivity index is 1.34. The Hall–Kier alpha value is -2.62. The molecule has 0 N–H and O–H groups in total. The van der Waals surface area contributed by atoms with Crippen molar-refractivity contribution in [1.82, 2.24) is 4.90 Å². The highest BCUT2D eigenvalue weighted by Crippen LogP contribution is 2.28. The van der Waals surface area contributed by atoms with Crippen LogP contribution in [0.4, 0.5) is 5.69 Å². The molecule has 26 heavy (non-hydrogen) atoms. The number of benzene rings is 2. The van der Waals surface area contributed by atoms with Crippen LogP contribution in [0.1, 0.15) is 24.0 Å². The summed E-state index contributed by atoms with van der Waals surface area (Å²) in [6, 6.07) is 18.4. The molecule has 2 aliphatic rings. The van der Waals surface area contributed by atoms with E-state index in [0.717, 1.165) is 36.9 Å². The van der Waals surface area contributed by atoms with Gasteiger partial charge in [0.15, 0.2) is 0 Å². The number of fused-ring (bicyclic) bond motifs is 1. The highest BCUT2D eigenvalue weighted by Gasteiger charge is 2.33. The summed E-state index contributed by atoms with van der Waals surface area (Å²) in [5.74, 6) is -0.139. The molecule has 4 nitrogen and oxygen atoms in total. The molecule has 2 aliphatic heterocycles. The highest BCUT2D eigenvalue weighted by atomic mass is 16.2. The van der Waals surface area contributed by atoms with Gasteiger partial charge in [-0.25, -0.2) is 0 Å². The van der Waals surface area contributed by atoms with Gasteiger partial charge in [0.1, 0.15) is 0 Å². The maximum Gasteiger partial charge on any atom is 0.316 e. The molecule has 2 aromatic carbocycles. The fourth-order valence-corrected chi connectivity index (χ4v) is 4.09. The van der Waals surface area contributed by atoms with Crippen molar-refractivity contribution in [2.24, 2.45) is 5.92 Å². The Morgan fingerprint density at radius 2 is 1.54 bits per heavy atom. The largest absolute Gasteiger partial charge is 0.334 e. The Kier molecular flexibility index (Phi) is 4.74. The van der Waals surface area contributed by atoms with E-state index in [2.05, 4.69) is 24.3 Å². The molecule has 2 amide bonds. The van der Waals surface area contributed by atoms with Crippen LogP contribution < -0.4 is 4.90 Å². The number of likely N-dealkylation sites (tertiary alicyclic amines) is 1. The number of hydrogen-bond donors (Lipinski definition) is 0. The maximum atomic E-state index is 12.7. The van der Waals surface area contributed by atoms with Crippen molar-refractivity contribution in [2.75, 3.05) is 24.5 Å². The number of carbonyl (C=O) groups is 2. The molecular weight excluding hydrogens is 324 g/mol. The van der Waals surface area contributed by atoms with Gasteiger partial charge in [0.2, 0.25) is 0 Å². The molecule has 2 aromatic rings. The van der Waals surface area contributed by atoms with Crippen LogP contribution in [0.25, 0.3) is 0 Å². The van der Waals surface area contributed by atoms with Crippen LogP contribution in [0.3, 0.4) is 0 Å². The van der Waals surface area contributed by atoms with Crippen LogP contribution in [0.5, 0.6) is 0 Å². The van der Waals surface area contributed by atoms with Crippen LogP contribution >= 0.6 is 0 Å². The van der Waals surface area contributed by atoms with Crippen molar-refractivity contribution in [1.29, 1.82) is 0 Å². The minimum absolute atomic E-state index is 0.347. The van der Waals surface area contributed by atoms with Crippen molar-refractivity contribution in [3.63, 3.8) is 0 Å². The zero-order valence-corrected chi connectivity index (χ0v) is 14.9. The first-order chi connectivity index (χ1) is 12.7. The smallest absolute Gasteiger partial charge is 0.316 e. The predicted octanol–water partition coefficient (Wildman–Crippen LogP) is 3.06. The zero-order chi connectivity index (χ0) is 17.9. The topological polar surface area (TPSA) is 40.6 Å². The van der Waals surface area contributed by atoms with Gasteiger partial charge in [-0.2, -0.15) is 0 Å². The van der Waals surface area contributed by atoms with Gasteiger partial charge in [0.25, 0.3) is 0 Å². The summed E-state index contributed by atoms with van der Waals surface area (Å²) in [5, 5.41) is 0. The van der Waals surface area contributed by atoms with E-state index in [0.29, 0.717) is 25.6 Å². The van der Waals surface area contributed by atoms with Gasteiger partial charge in [0.05, 0.1) is 0 Å². The summed E-state index contributed by atoms with van der Waals surface area (Å²) in [5.41, 5.74) is 3.39. The van der Waals surface area contributed by atoms with Crippen molar-refractivity contribution >= 4 is 17.5 Å². The molecule has 2 heterocycles. The van der Waals surface area contributed by atoms with Gasteiger partial charge in [0, 0.05) is 25.3 Å². The molecule has 1 fully saturated rings. The molecule has 0 unspecified atom stereocenters. The lowest BCUT2D eigenvalue weighted by atomic mass is 9.90. The van der Waals surface area contributed by atoms with E-state index in [1.54, 1.807) is 9.80 Å². The molecule has 4 rings (SSSR count). The molecular formula is C22H24N2O2. The first kappa shape index (κ1) is 16.8. The lowest BCUT2D eigenvalue weighted by molar-refractivity contribution is -0.145. The Morgan fingerprint density at radius 3 is 2.31 bits per heavy atom. The number of carbonyl (C=O) groups excluding carboxylic acids is 2. The fourth-order valence-electron chi connectivity index (χ4n) is 4.09. The summed E-state index contributed by atoms with van der Waals surface area (Å²) in [6.07, 6.45) is 3.81. The first-order valence-electron chi connectivity index (χ1n) is 9.45. The molecule has 0 spiro atoms. The average Bonchev–Trinajstić information content (AvgIpc) is 3.12. The van der Waals surface area contributed by atoms with Gasteiger partial charge in [-0.1, -0.05) is 48.5 Å². The molecule has 0 radical (unpaired) electrons.